The maximum absolute atomic E-state index is 5.42. The molecule has 2 rings (SSSR count). The van der Waals surface area contributed by atoms with Crippen molar-refractivity contribution < 1.29 is 4.74 Å². The average Bonchev–Trinajstić information content (AvgIpc) is 2.84. The quantitative estimate of drug-likeness (QED) is 0.872. The van der Waals surface area contributed by atoms with Crippen molar-refractivity contribution in [3.63, 3.8) is 0 Å². The van der Waals surface area contributed by atoms with Crippen LogP contribution in [0.1, 0.15) is 28.7 Å². The van der Waals surface area contributed by atoms with E-state index in [-0.39, 0.29) is 0 Å². The fourth-order valence-electron chi connectivity index (χ4n) is 2.24. The molecule has 1 aromatic rings. The number of ether oxygens (including phenoxy) is 1. The molecule has 1 aliphatic heterocycles. The van der Waals surface area contributed by atoms with Crippen LogP contribution in [-0.4, -0.2) is 19.3 Å². The number of nitrogens with one attached hydrogen (secondary N) is 1. The lowest BCUT2D eigenvalue weighted by Crippen LogP contribution is -2.33. The van der Waals surface area contributed by atoms with Crippen LogP contribution >= 0.6 is 11.3 Å². The van der Waals surface area contributed by atoms with E-state index in [1.165, 1.54) is 21.7 Å². The predicted molar refractivity (Wildman–Crippen MR) is 69.0 cm³/mol. The Morgan fingerprint density at radius 1 is 1.56 bits per heavy atom. The van der Waals surface area contributed by atoms with Crippen molar-refractivity contribution in [1.82, 2.24) is 5.32 Å². The van der Waals surface area contributed by atoms with E-state index in [0.717, 1.165) is 19.8 Å². The van der Waals surface area contributed by atoms with Crippen LogP contribution in [0.2, 0.25) is 0 Å². The molecule has 2 atom stereocenters. The molecule has 2 unspecified atom stereocenters. The Bertz CT molecular complexity index is 342. The van der Waals surface area contributed by atoms with Gasteiger partial charge >= 0.3 is 0 Å². The molecule has 1 N–H and O–H groups in total. The highest BCUT2D eigenvalue weighted by atomic mass is 32.1. The highest BCUT2D eigenvalue weighted by Crippen LogP contribution is 2.21. The van der Waals surface area contributed by atoms with Crippen molar-refractivity contribution in [2.45, 2.75) is 39.8 Å². The SMILES string of the molecule is Cc1cc(CNC(C)C2CCOC2)c(C)s1. The van der Waals surface area contributed by atoms with Crippen LogP contribution in [-0.2, 0) is 11.3 Å². The number of hydrogen-bond acceptors (Lipinski definition) is 3. The number of aryl methyl sites for hydroxylation is 2. The molecule has 3 heteroatoms. The van der Waals surface area contributed by atoms with Gasteiger partial charge in [0, 0.05) is 28.9 Å². The Kier molecular flexibility index (Phi) is 4.00. The summed E-state index contributed by atoms with van der Waals surface area (Å²) >= 11 is 1.89. The molecule has 16 heavy (non-hydrogen) atoms. The summed E-state index contributed by atoms with van der Waals surface area (Å²) in [5.74, 6) is 0.694. The number of rotatable bonds is 4. The summed E-state index contributed by atoms with van der Waals surface area (Å²) in [6.07, 6.45) is 1.20. The minimum absolute atomic E-state index is 0.558. The van der Waals surface area contributed by atoms with Crippen LogP contribution < -0.4 is 5.32 Å². The average molecular weight is 239 g/mol. The molecule has 1 saturated heterocycles. The predicted octanol–water partition coefficient (Wildman–Crippen LogP) is 2.88. The van der Waals surface area contributed by atoms with Crippen molar-refractivity contribution in [2.24, 2.45) is 5.92 Å². The van der Waals surface area contributed by atoms with E-state index in [1.807, 2.05) is 11.3 Å². The molecule has 0 spiro atoms. The van der Waals surface area contributed by atoms with E-state index in [4.69, 9.17) is 4.74 Å². The third-order valence-electron chi connectivity index (χ3n) is 3.43. The molecule has 90 valence electrons. The molecular formula is C13H21NOS. The Hall–Kier alpha value is -0.380. The summed E-state index contributed by atoms with van der Waals surface area (Å²) in [7, 11) is 0. The molecule has 0 saturated carbocycles. The van der Waals surface area contributed by atoms with E-state index >= 15 is 0 Å². The Morgan fingerprint density at radius 3 is 2.94 bits per heavy atom. The molecule has 0 aromatic carbocycles. The van der Waals surface area contributed by atoms with Gasteiger partial charge < -0.3 is 10.1 Å². The highest BCUT2D eigenvalue weighted by molar-refractivity contribution is 7.12. The zero-order valence-electron chi connectivity index (χ0n) is 10.4. The summed E-state index contributed by atoms with van der Waals surface area (Å²) < 4.78 is 5.42. The largest absolute Gasteiger partial charge is 0.381 e. The standard InChI is InChI=1S/C13H21NOS/c1-9-6-13(11(3)16-9)7-14-10(2)12-4-5-15-8-12/h6,10,12,14H,4-5,7-8H2,1-3H3. The van der Waals surface area contributed by atoms with Gasteiger partial charge in [-0.3, -0.25) is 0 Å². The van der Waals surface area contributed by atoms with Crippen molar-refractivity contribution >= 4 is 11.3 Å². The first-order valence-corrected chi connectivity index (χ1v) is 6.85. The van der Waals surface area contributed by atoms with Gasteiger partial charge in [0.05, 0.1) is 6.61 Å². The minimum atomic E-state index is 0.558. The monoisotopic (exact) mass is 239 g/mol. The van der Waals surface area contributed by atoms with E-state index in [1.54, 1.807) is 0 Å². The summed E-state index contributed by atoms with van der Waals surface area (Å²) in [6.45, 7) is 9.51. The highest BCUT2D eigenvalue weighted by Gasteiger charge is 2.21. The van der Waals surface area contributed by atoms with Gasteiger partial charge in [-0.1, -0.05) is 0 Å². The molecule has 0 bridgehead atoms. The van der Waals surface area contributed by atoms with Gasteiger partial charge in [0.1, 0.15) is 0 Å². The summed E-state index contributed by atoms with van der Waals surface area (Å²) in [5, 5.41) is 3.62. The minimum Gasteiger partial charge on any atom is -0.381 e. The third kappa shape index (κ3) is 2.84. The molecule has 1 fully saturated rings. The fraction of sp³-hybridized carbons (Fsp3) is 0.692. The van der Waals surface area contributed by atoms with Crippen LogP contribution in [0.3, 0.4) is 0 Å². The lowest BCUT2D eigenvalue weighted by atomic mass is 10.0. The summed E-state index contributed by atoms with van der Waals surface area (Å²) in [6, 6.07) is 2.85. The van der Waals surface area contributed by atoms with E-state index < -0.39 is 0 Å². The second-order valence-electron chi connectivity index (χ2n) is 4.73. The van der Waals surface area contributed by atoms with E-state index in [0.29, 0.717) is 12.0 Å². The fourth-order valence-corrected chi connectivity index (χ4v) is 3.19. The lowest BCUT2D eigenvalue weighted by Gasteiger charge is -2.19. The number of thiophene rings is 1. The van der Waals surface area contributed by atoms with Gasteiger partial charge in [-0.05, 0) is 44.7 Å². The van der Waals surface area contributed by atoms with Gasteiger partial charge in [0.15, 0.2) is 0 Å². The maximum Gasteiger partial charge on any atom is 0.0509 e. The van der Waals surface area contributed by atoms with Gasteiger partial charge in [-0.15, -0.1) is 11.3 Å². The van der Waals surface area contributed by atoms with E-state index in [2.05, 4.69) is 32.2 Å². The first kappa shape index (κ1) is 12.1. The molecule has 2 nitrogen and oxygen atoms in total. The molecule has 0 radical (unpaired) electrons. The van der Waals surface area contributed by atoms with Gasteiger partial charge in [0.25, 0.3) is 0 Å². The maximum atomic E-state index is 5.42. The lowest BCUT2D eigenvalue weighted by molar-refractivity contribution is 0.178. The second kappa shape index (κ2) is 5.30. The van der Waals surface area contributed by atoms with Gasteiger partial charge in [0.2, 0.25) is 0 Å². The molecule has 0 aliphatic carbocycles. The zero-order valence-corrected chi connectivity index (χ0v) is 11.2. The normalized spacial score (nSPS) is 22.6. The van der Waals surface area contributed by atoms with Crippen molar-refractivity contribution in [2.75, 3.05) is 13.2 Å². The van der Waals surface area contributed by atoms with Crippen LogP contribution in [0, 0.1) is 19.8 Å². The summed E-state index contributed by atoms with van der Waals surface area (Å²) in [5.41, 5.74) is 1.45. The number of hydrogen-bond donors (Lipinski definition) is 1. The molecule has 0 amide bonds. The Labute approximate surface area is 102 Å². The second-order valence-corrected chi connectivity index (χ2v) is 6.19. The molecular weight excluding hydrogens is 218 g/mol. The van der Waals surface area contributed by atoms with Crippen molar-refractivity contribution in [1.29, 1.82) is 0 Å². The van der Waals surface area contributed by atoms with Crippen molar-refractivity contribution in [3.05, 3.63) is 21.4 Å². The smallest absolute Gasteiger partial charge is 0.0509 e. The van der Waals surface area contributed by atoms with Gasteiger partial charge in [-0.25, -0.2) is 0 Å². The first-order valence-electron chi connectivity index (χ1n) is 6.04. The first-order chi connectivity index (χ1) is 7.66. The van der Waals surface area contributed by atoms with Crippen LogP contribution in [0.5, 0.6) is 0 Å². The van der Waals surface area contributed by atoms with Crippen molar-refractivity contribution in [3.8, 4) is 0 Å². The van der Waals surface area contributed by atoms with Crippen LogP contribution in [0.15, 0.2) is 6.07 Å². The molecule has 1 aromatic heterocycles. The molecule has 2 heterocycles. The third-order valence-corrected chi connectivity index (χ3v) is 4.44. The topological polar surface area (TPSA) is 21.3 Å². The molecule has 1 aliphatic rings. The van der Waals surface area contributed by atoms with E-state index in [9.17, 15) is 0 Å². The van der Waals surface area contributed by atoms with Crippen LogP contribution in [0.25, 0.3) is 0 Å². The van der Waals surface area contributed by atoms with Crippen LogP contribution in [0.4, 0.5) is 0 Å². The summed E-state index contributed by atoms with van der Waals surface area (Å²) in [4.78, 5) is 2.85. The zero-order chi connectivity index (χ0) is 11.5. The Morgan fingerprint density at radius 2 is 2.38 bits per heavy atom. The Balaban J connectivity index is 1.84. The van der Waals surface area contributed by atoms with Gasteiger partial charge in [-0.2, -0.15) is 0 Å².